The van der Waals surface area contributed by atoms with Gasteiger partial charge in [0.15, 0.2) is 23.3 Å². The first-order chi connectivity index (χ1) is 12.1. The van der Waals surface area contributed by atoms with Crippen LogP contribution in [0.4, 0.5) is 17.6 Å². The van der Waals surface area contributed by atoms with Crippen molar-refractivity contribution in [1.82, 2.24) is 0 Å². The molecule has 1 aromatic carbocycles. The molecule has 0 aromatic heterocycles. The van der Waals surface area contributed by atoms with Crippen LogP contribution in [0, 0.1) is 23.3 Å². The smallest absolute Gasteiger partial charge is 0.390 e. The first-order valence-electron chi connectivity index (χ1n) is 8.95. The van der Waals surface area contributed by atoms with Crippen LogP contribution < -0.4 is 0 Å². The molecular formula is C18H28F4O3Si. The van der Waals surface area contributed by atoms with Crippen LogP contribution in [0.1, 0.15) is 58.9 Å². The van der Waals surface area contributed by atoms with Crippen LogP contribution in [0.15, 0.2) is 6.07 Å². The summed E-state index contributed by atoms with van der Waals surface area (Å²) in [5, 5.41) is 0. The van der Waals surface area contributed by atoms with Gasteiger partial charge >= 0.3 is 8.80 Å². The lowest BCUT2D eigenvalue weighted by atomic mass is 10.1. The van der Waals surface area contributed by atoms with Crippen molar-refractivity contribution in [3.8, 4) is 0 Å². The van der Waals surface area contributed by atoms with E-state index in [1.54, 1.807) is 0 Å². The Morgan fingerprint density at radius 3 is 1.92 bits per heavy atom. The minimum absolute atomic E-state index is 0.118. The van der Waals surface area contributed by atoms with Crippen molar-refractivity contribution >= 4 is 8.80 Å². The average molecular weight is 396 g/mol. The van der Waals surface area contributed by atoms with Crippen LogP contribution >= 0.6 is 0 Å². The van der Waals surface area contributed by atoms with Crippen LogP contribution in [0.5, 0.6) is 0 Å². The molecule has 0 aliphatic carbocycles. The van der Waals surface area contributed by atoms with E-state index in [-0.39, 0.29) is 24.2 Å². The molecule has 3 nitrogen and oxygen atoms in total. The molecule has 1 aromatic rings. The average Bonchev–Trinajstić information content (AvgIpc) is 2.51. The van der Waals surface area contributed by atoms with Crippen LogP contribution in [-0.4, -0.2) is 25.8 Å². The first-order valence-corrected chi connectivity index (χ1v) is 10.9. The van der Waals surface area contributed by atoms with Gasteiger partial charge in [0.2, 0.25) is 0 Å². The zero-order valence-corrected chi connectivity index (χ0v) is 16.8. The van der Waals surface area contributed by atoms with Gasteiger partial charge < -0.3 is 13.6 Å². The summed E-state index contributed by atoms with van der Waals surface area (Å²) in [4.78, 5) is 10.5. The fourth-order valence-electron chi connectivity index (χ4n) is 2.70. The fourth-order valence-corrected chi connectivity index (χ4v) is 5.16. The standard InChI is InChI=1S/C18H28F4O3Si/c1-12(2)24-26(23,25-13(3)4)10-8-6-5-7-9-14-11-15(19)17(21)18(22)16(14)20/h11-13,23H,5-10H2,1-4H3. The molecule has 0 spiro atoms. The lowest BCUT2D eigenvalue weighted by Gasteiger charge is -2.28. The molecule has 0 unspecified atom stereocenters. The maximum atomic E-state index is 13.6. The van der Waals surface area contributed by atoms with E-state index in [0.717, 1.165) is 6.42 Å². The highest BCUT2D eigenvalue weighted by Gasteiger charge is 2.38. The van der Waals surface area contributed by atoms with Gasteiger partial charge in [-0.15, -0.1) is 0 Å². The molecule has 0 fully saturated rings. The molecule has 150 valence electrons. The van der Waals surface area contributed by atoms with Gasteiger partial charge in [-0.3, -0.25) is 0 Å². The molecule has 0 aliphatic rings. The van der Waals surface area contributed by atoms with Gasteiger partial charge in [-0.2, -0.15) is 0 Å². The molecular weight excluding hydrogens is 368 g/mol. The Balaban J connectivity index is 2.43. The van der Waals surface area contributed by atoms with Crippen LogP contribution in [0.25, 0.3) is 0 Å². The molecule has 0 atom stereocenters. The number of halogens is 4. The summed E-state index contributed by atoms with van der Waals surface area (Å²) < 4.78 is 64.0. The Hall–Kier alpha value is -0.963. The minimum Gasteiger partial charge on any atom is -0.390 e. The van der Waals surface area contributed by atoms with Gasteiger partial charge in [0, 0.05) is 18.3 Å². The quantitative estimate of drug-likeness (QED) is 0.185. The maximum absolute atomic E-state index is 13.6. The first kappa shape index (κ1) is 23.1. The molecule has 0 bridgehead atoms. The Labute approximate surface area is 153 Å². The number of rotatable bonds is 11. The Kier molecular flexibility index (Phi) is 9.22. The summed E-state index contributed by atoms with van der Waals surface area (Å²) in [6.45, 7) is 7.32. The number of hydrogen-bond acceptors (Lipinski definition) is 3. The molecule has 0 heterocycles. The van der Waals surface area contributed by atoms with Gasteiger partial charge in [0.05, 0.1) is 0 Å². The summed E-state index contributed by atoms with van der Waals surface area (Å²) in [5.41, 5.74) is -0.168. The van der Waals surface area contributed by atoms with Crippen molar-refractivity contribution in [3.05, 3.63) is 34.9 Å². The zero-order chi connectivity index (χ0) is 19.9. The topological polar surface area (TPSA) is 38.7 Å². The predicted molar refractivity (Wildman–Crippen MR) is 93.7 cm³/mol. The Morgan fingerprint density at radius 1 is 0.846 bits per heavy atom. The molecule has 1 rings (SSSR count). The molecule has 0 aliphatic heterocycles. The van der Waals surface area contributed by atoms with E-state index in [0.29, 0.717) is 31.4 Å². The summed E-state index contributed by atoms with van der Waals surface area (Å²) in [6.07, 6.45) is 2.40. The largest absolute Gasteiger partial charge is 0.498 e. The van der Waals surface area contributed by atoms with Gasteiger partial charge in [-0.25, -0.2) is 17.6 Å². The van der Waals surface area contributed by atoms with E-state index < -0.39 is 32.1 Å². The second-order valence-corrected chi connectivity index (χ2v) is 9.32. The minimum atomic E-state index is -3.23. The second-order valence-electron chi connectivity index (χ2n) is 6.92. The molecule has 8 heteroatoms. The Bertz CT molecular complexity index is 572. The number of aryl methyl sites for hydroxylation is 1. The van der Waals surface area contributed by atoms with Gasteiger partial charge in [0.25, 0.3) is 0 Å². The molecule has 0 radical (unpaired) electrons. The van der Waals surface area contributed by atoms with E-state index in [9.17, 15) is 22.4 Å². The van der Waals surface area contributed by atoms with Crippen molar-refractivity contribution in [2.45, 2.75) is 78.1 Å². The highest BCUT2D eigenvalue weighted by atomic mass is 28.4. The highest BCUT2D eigenvalue weighted by molar-refractivity contribution is 6.59. The molecule has 0 saturated carbocycles. The van der Waals surface area contributed by atoms with E-state index in [1.807, 2.05) is 27.7 Å². The third-order valence-corrected chi connectivity index (χ3v) is 6.37. The highest BCUT2D eigenvalue weighted by Crippen LogP contribution is 2.22. The van der Waals surface area contributed by atoms with Gasteiger partial charge in [-0.1, -0.05) is 12.8 Å². The lowest BCUT2D eigenvalue weighted by molar-refractivity contribution is 0.0472. The van der Waals surface area contributed by atoms with Crippen LogP contribution in [0.3, 0.4) is 0 Å². The molecule has 0 saturated heterocycles. The fraction of sp³-hybridized carbons (Fsp3) is 0.667. The molecule has 0 amide bonds. The number of unbranched alkanes of at least 4 members (excludes halogenated alkanes) is 3. The van der Waals surface area contributed by atoms with Crippen molar-refractivity contribution < 1.29 is 31.2 Å². The maximum Gasteiger partial charge on any atom is 0.498 e. The number of benzene rings is 1. The summed E-state index contributed by atoms with van der Waals surface area (Å²) in [7, 11) is -3.23. The van der Waals surface area contributed by atoms with Gasteiger partial charge in [-0.05, 0) is 58.6 Å². The number of hydrogen-bond donors (Lipinski definition) is 1. The van der Waals surface area contributed by atoms with E-state index in [2.05, 4.69) is 0 Å². The third kappa shape index (κ3) is 7.34. The monoisotopic (exact) mass is 396 g/mol. The zero-order valence-electron chi connectivity index (χ0n) is 15.8. The summed E-state index contributed by atoms with van der Waals surface area (Å²) >= 11 is 0. The van der Waals surface area contributed by atoms with Crippen LogP contribution in [0.2, 0.25) is 6.04 Å². The normalized spacial score (nSPS) is 12.4. The Morgan fingerprint density at radius 2 is 1.38 bits per heavy atom. The second kappa shape index (κ2) is 10.4. The summed E-state index contributed by atoms with van der Waals surface area (Å²) in [6, 6.07) is 1.11. The SMILES string of the molecule is CC(C)O[Si](O)(CCCCCCc1cc(F)c(F)c(F)c1F)OC(C)C. The van der Waals surface area contributed by atoms with Crippen molar-refractivity contribution in [1.29, 1.82) is 0 Å². The van der Waals surface area contributed by atoms with Crippen molar-refractivity contribution in [3.63, 3.8) is 0 Å². The summed E-state index contributed by atoms with van der Waals surface area (Å²) in [5.74, 6) is -6.27. The van der Waals surface area contributed by atoms with Crippen molar-refractivity contribution in [2.24, 2.45) is 0 Å². The van der Waals surface area contributed by atoms with E-state index in [4.69, 9.17) is 8.85 Å². The third-order valence-electron chi connectivity index (χ3n) is 3.71. The van der Waals surface area contributed by atoms with Gasteiger partial charge in [0.1, 0.15) is 0 Å². The van der Waals surface area contributed by atoms with E-state index >= 15 is 0 Å². The van der Waals surface area contributed by atoms with Crippen molar-refractivity contribution in [2.75, 3.05) is 0 Å². The molecule has 1 N–H and O–H groups in total. The lowest BCUT2D eigenvalue weighted by Crippen LogP contribution is -2.46. The molecule has 26 heavy (non-hydrogen) atoms. The predicted octanol–water partition coefficient (Wildman–Crippen LogP) is 5.13. The van der Waals surface area contributed by atoms with Crippen LogP contribution in [-0.2, 0) is 15.3 Å². The van der Waals surface area contributed by atoms with E-state index in [1.165, 1.54) is 0 Å².